The molecule has 0 bridgehead atoms. The van der Waals surface area contributed by atoms with Gasteiger partial charge in [-0.15, -0.1) is 12.4 Å². The van der Waals surface area contributed by atoms with E-state index in [9.17, 15) is 4.79 Å². The molecule has 0 saturated carbocycles. The van der Waals surface area contributed by atoms with E-state index < -0.39 is 24.2 Å². The van der Waals surface area contributed by atoms with Gasteiger partial charge in [-0.05, 0) is 0 Å². The molecular formula is C6H12ClNO4. The quantitative estimate of drug-likeness (QED) is 0.414. The summed E-state index contributed by atoms with van der Waals surface area (Å²) in [6.45, 7) is 0.137. The predicted molar refractivity (Wildman–Crippen MR) is 43.3 cm³/mol. The van der Waals surface area contributed by atoms with Crippen molar-refractivity contribution in [2.24, 2.45) is 0 Å². The van der Waals surface area contributed by atoms with Crippen molar-refractivity contribution < 1.29 is 20.1 Å². The van der Waals surface area contributed by atoms with Crippen molar-refractivity contribution in [1.82, 2.24) is 5.32 Å². The fourth-order valence-corrected chi connectivity index (χ4v) is 1.07. The monoisotopic (exact) mass is 197 g/mol. The number of halogens is 1. The van der Waals surface area contributed by atoms with Crippen LogP contribution in [0.15, 0.2) is 0 Å². The van der Waals surface area contributed by atoms with Crippen molar-refractivity contribution in [2.75, 3.05) is 6.54 Å². The number of nitrogens with one attached hydrogen (secondary N) is 1. The largest absolute Gasteiger partial charge is 0.480 e. The van der Waals surface area contributed by atoms with Gasteiger partial charge in [0.05, 0.1) is 12.2 Å². The van der Waals surface area contributed by atoms with Crippen LogP contribution in [0.1, 0.15) is 6.42 Å². The fourth-order valence-electron chi connectivity index (χ4n) is 1.07. The molecule has 0 aliphatic carbocycles. The maximum atomic E-state index is 10.4. The Labute approximate surface area is 75.8 Å². The summed E-state index contributed by atoms with van der Waals surface area (Å²) in [5.74, 6) is -0.990. The first-order valence-corrected chi connectivity index (χ1v) is 3.43. The third-order valence-electron chi connectivity index (χ3n) is 1.79. The van der Waals surface area contributed by atoms with Crippen LogP contribution in [0.2, 0.25) is 0 Å². The number of aliphatic hydroxyl groups excluding tert-OH is 2. The highest BCUT2D eigenvalue weighted by molar-refractivity contribution is 5.85. The highest BCUT2D eigenvalue weighted by Gasteiger charge is 2.30. The van der Waals surface area contributed by atoms with Crippen LogP contribution < -0.4 is 5.32 Å². The molecule has 6 heteroatoms. The summed E-state index contributed by atoms with van der Waals surface area (Å²) >= 11 is 0. The standard InChI is InChI=1S/C6H11NO4.ClH/c8-4-1-3(6(10)11)7-2-5(4)9;/h3-5,7-9H,1-2H2,(H,10,11);1H/t3-,4+,5+;/m0./s1. The lowest BCUT2D eigenvalue weighted by Gasteiger charge is -2.28. The van der Waals surface area contributed by atoms with Crippen LogP contribution >= 0.6 is 12.4 Å². The van der Waals surface area contributed by atoms with Crippen molar-refractivity contribution in [3.05, 3.63) is 0 Å². The summed E-state index contributed by atoms with van der Waals surface area (Å²) in [6, 6.07) is -0.728. The maximum Gasteiger partial charge on any atom is 0.320 e. The summed E-state index contributed by atoms with van der Waals surface area (Å²) in [5, 5.41) is 29.1. The molecule has 1 aliphatic rings. The molecule has 0 amide bonds. The van der Waals surface area contributed by atoms with Crippen molar-refractivity contribution >= 4 is 18.4 Å². The average Bonchev–Trinajstić information content (AvgIpc) is 1.94. The second-order valence-electron chi connectivity index (χ2n) is 2.67. The van der Waals surface area contributed by atoms with Crippen LogP contribution in [-0.4, -0.2) is 46.1 Å². The van der Waals surface area contributed by atoms with Crippen LogP contribution in [-0.2, 0) is 4.79 Å². The summed E-state index contributed by atoms with van der Waals surface area (Å²) in [7, 11) is 0. The molecule has 12 heavy (non-hydrogen) atoms. The topological polar surface area (TPSA) is 89.8 Å². The number of hydrogen-bond donors (Lipinski definition) is 4. The number of aliphatic carboxylic acids is 1. The first-order chi connectivity index (χ1) is 5.11. The van der Waals surface area contributed by atoms with E-state index in [0.717, 1.165) is 0 Å². The molecule has 0 aromatic carbocycles. The molecule has 1 fully saturated rings. The summed E-state index contributed by atoms with van der Waals surface area (Å²) in [5.41, 5.74) is 0. The number of β-amino-alcohol motifs (C(OH)–C–C–N with tert-alkyl or cyclic N) is 1. The van der Waals surface area contributed by atoms with E-state index in [-0.39, 0.29) is 25.4 Å². The number of carboxylic acids is 1. The SMILES string of the molecule is Cl.O=C(O)[C@@H]1C[C@@H](O)[C@H](O)CN1. The van der Waals surface area contributed by atoms with Gasteiger partial charge in [-0.3, -0.25) is 4.79 Å². The van der Waals surface area contributed by atoms with Gasteiger partial charge in [0, 0.05) is 13.0 Å². The summed E-state index contributed by atoms with van der Waals surface area (Å²) in [6.07, 6.45) is -1.70. The van der Waals surface area contributed by atoms with Gasteiger partial charge < -0.3 is 20.6 Å². The Bertz CT molecular complexity index is 166. The predicted octanol–water partition coefficient (Wildman–Crippen LogP) is -1.42. The number of piperidine rings is 1. The van der Waals surface area contributed by atoms with Crippen molar-refractivity contribution in [2.45, 2.75) is 24.7 Å². The molecule has 72 valence electrons. The van der Waals surface area contributed by atoms with Crippen LogP contribution in [0.3, 0.4) is 0 Å². The highest BCUT2D eigenvalue weighted by atomic mass is 35.5. The Morgan fingerprint density at radius 3 is 2.33 bits per heavy atom. The maximum absolute atomic E-state index is 10.4. The number of rotatable bonds is 1. The Morgan fingerprint density at radius 1 is 1.33 bits per heavy atom. The van der Waals surface area contributed by atoms with E-state index in [2.05, 4.69) is 5.32 Å². The highest BCUT2D eigenvalue weighted by Crippen LogP contribution is 2.08. The Kier molecular flexibility index (Phi) is 4.47. The lowest BCUT2D eigenvalue weighted by atomic mass is 10.00. The first-order valence-electron chi connectivity index (χ1n) is 3.43. The Hall–Kier alpha value is -0.360. The number of carbonyl (C=O) groups is 1. The minimum Gasteiger partial charge on any atom is -0.480 e. The van der Waals surface area contributed by atoms with Crippen molar-refractivity contribution in [3.8, 4) is 0 Å². The second kappa shape index (κ2) is 4.61. The minimum absolute atomic E-state index is 0. The average molecular weight is 198 g/mol. The van der Waals surface area contributed by atoms with Crippen molar-refractivity contribution in [3.63, 3.8) is 0 Å². The summed E-state index contributed by atoms with van der Waals surface area (Å²) in [4.78, 5) is 10.4. The van der Waals surface area contributed by atoms with Gasteiger partial charge in [0.2, 0.25) is 0 Å². The molecule has 0 unspecified atom stereocenters. The second-order valence-corrected chi connectivity index (χ2v) is 2.67. The third kappa shape index (κ3) is 2.60. The van der Waals surface area contributed by atoms with Gasteiger partial charge in [-0.2, -0.15) is 0 Å². The smallest absolute Gasteiger partial charge is 0.320 e. The Morgan fingerprint density at radius 2 is 1.92 bits per heavy atom. The van der Waals surface area contributed by atoms with Gasteiger partial charge in [0.1, 0.15) is 6.04 Å². The van der Waals surface area contributed by atoms with E-state index in [1.807, 2.05) is 0 Å². The van der Waals surface area contributed by atoms with E-state index in [1.54, 1.807) is 0 Å². The zero-order valence-corrected chi connectivity index (χ0v) is 7.12. The lowest BCUT2D eigenvalue weighted by molar-refractivity contribution is -0.142. The lowest BCUT2D eigenvalue weighted by Crippen LogP contribution is -2.52. The fraction of sp³-hybridized carbons (Fsp3) is 0.833. The first kappa shape index (κ1) is 11.6. The molecule has 1 rings (SSSR count). The zero-order valence-electron chi connectivity index (χ0n) is 6.30. The molecule has 0 aromatic heterocycles. The molecule has 0 spiro atoms. The van der Waals surface area contributed by atoms with Crippen LogP contribution in [0, 0.1) is 0 Å². The van der Waals surface area contributed by atoms with E-state index in [1.165, 1.54) is 0 Å². The van der Waals surface area contributed by atoms with Gasteiger partial charge in [-0.25, -0.2) is 0 Å². The van der Waals surface area contributed by atoms with E-state index >= 15 is 0 Å². The molecule has 1 heterocycles. The number of aliphatic hydroxyl groups is 2. The molecule has 0 aromatic rings. The Balaban J connectivity index is 0.00000121. The van der Waals surface area contributed by atoms with Crippen LogP contribution in [0.5, 0.6) is 0 Å². The zero-order chi connectivity index (χ0) is 8.43. The summed E-state index contributed by atoms with van der Waals surface area (Å²) < 4.78 is 0. The van der Waals surface area contributed by atoms with Gasteiger partial charge in [0.15, 0.2) is 0 Å². The normalized spacial score (nSPS) is 35.3. The van der Waals surface area contributed by atoms with Crippen LogP contribution in [0.25, 0.3) is 0 Å². The van der Waals surface area contributed by atoms with Crippen molar-refractivity contribution in [1.29, 1.82) is 0 Å². The van der Waals surface area contributed by atoms with Crippen LogP contribution in [0.4, 0.5) is 0 Å². The number of hydrogen-bond acceptors (Lipinski definition) is 4. The van der Waals surface area contributed by atoms with E-state index in [0.29, 0.717) is 0 Å². The molecule has 5 nitrogen and oxygen atoms in total. The van der Waals surface area contributed by atoms with Gasteiger partial charge >= 0.3 is 5.97 Å². The minimum atomic E-state index is -0.990. The van der Waals surface area contributed by atoms with Gasteiger partial charge in [-0.1, -0.05) is 0 Å². The number of carboxylic acid groups (broad SMARTS) is 1. The molecule has 1 aliphatic heterocycles. The van der Waals surface area contributed by atoms with Gasteiger partial charge in [0.25, 0.3) is 0 Å². The third-order valence-corrected chi connectivity index (χ3v) is 1.79. The molecular weight excluding hydrogens is 186 g/mol. The molecule has 3 atom stereocenters. The van der Waals surface area contributed by atoms with E-state index in [4.69, 9.17) is 15.3 Å². The molecule has 1 saturated heterocycles. The molecule has 0 radical (unpaired) electrons. The molecule has 4 N–H and O–H groups in total.